The lowest BCUT2D eigenvalue weighted by Gasteiger charge is -2.33. The fraction of sp³-hybridized carbons (Fsp3) is 0.588. The Balaban J connectivity index is 2.69. The Hall–Kier alpha value is -1.39. The number of rotatable bonds is 7. The normalized spacial score (nSPS) is 13.3. The summed E-state index contributed by atoms with van der Waals surface area (Å²) >= 11 is 0. The minimum Gasteiger partial charge on any atom is -0.389 e. The lowest BCUT2D eigenvalue weighted by molar-refractivity contribution is -0.137. The number of aliphatic hydroxyl groups is 1. The van der Waals surface area contributed by atoms with Gasteiger partial charge in [-0.2, -0.15) is 0 Å². The standard InChI is InChI=1S/C17H28N2O2/c1-6-19(12-15-10-8-7-9-11-15)16(20)14(2)18(5)13-17(3,4)21/h7-11,14,21H,6,12-13H2,1-5H3. The first-order valence-corrected chi connectivity index (χ1v) is 7.50. The van der Waals surface area contributed by atoms with E-state index in [1.807, 2.05) is 61.0 Å². The second kappa shape index (κ2) is 7.57. The number of hydrogen-bond donors (Lipinski definition) is 1. The van der Waals surface area contributed by atoms with Crippen molar-refractivity contribution in [3.63, 3.8) is 0 Å². The van der Waals surface area contributed by atoms with Gasteiger partial charge in [0.25, 0.3) is 0 Å². The van der Waals surface area contributed by atoms with Crippen molar-refractivity contribution < 1.29 is 9.90 Å². The van der Waals surface area contributed by atoms with Crippen molar-refractivity contribution in [3.05, 3.63) is 35.9 Å². The molecule has 21 heavy (non-hydrogen) atoms. The van der Waals surface area contributed by atoms with Crippen molar-refractivity contribution in [2.24, 2.45) is 0 Å². The predicted octanol–water partition coefficient (Wildman–Crippen LogP) is 2.13. The summed E-state index contributed by atoms with van der Waals surface area (Å²) < 4.78 is 0. The first-order chi connectivity index (χ1) is 9.74. The fourth-order valence-electron chi connectivity index (χ4n) is 2.35. The van der Waals surface area contributed by atoms with E-state index < -0.39 is 5.60 Å². The van der Waals surface area contributed by atoms with Crippen molar-refractivity contribution in [1.29, 1.82) is 0 Å². The highest BCUT2D eigenvalue weighted by Gasteiger charge is 2.26. The molecule has 1 rings (SSSR count). The molecule has 0 heterocycles. The van der Waals surface area contributed by atoms with Gasteiger partial charge in [0.05, 0.1) is 11.6 Å². The Morgan fingerprint density at radius 1 is 1.29 bits per heavy atom. The molecule has 1 N–H and O–H groups in total. The highest BCUT2D eigenvalue weighted by molar-refractivity contribution is 5.81. The van der Waals surface area contributed by atoms with Crippen LogP contribution in [0.3, 0.4) is 0 Å². The van der Waals surface area contributed by atoms with Crippen LogP contribution in [0.1, 0.15) is 33.3 Å². The van der Waals surface area contributed by atoms with Crippen molar-refractivity contribution >= 4 is 5.91 Å². The Kier molecular flexibility index (Phi) is 6.37. The minimum absolute atomic E-state index is 0.0908. The summed E-state index contributed by atoms with van der Waals surface area (Å²) in [5, 5.41) is 9.88. The maximum atomic E-state index is 12.6. The maximum Gasteiger partial charge on any atom is 0.239 e. The zero-order valence-electron chi connectivity index (χ0n) is 13.8. The Labute approximate surface area is 128 Å². The lowest BCUT2D eigenvalue weighted by Crippen LogP contribution is -2.49. The molecule has 1 atom stereocenters. The van der Waals surface area contributed by atoms with Gasteiger partial charge in [-0.25, -0.2) is 0 Å². The monoisotopic (exact) mass is 292 g/mol. The highest BCUT2D eigenvalue weighted by atomic mass is 16.3. The van der Waals surface area contributed by atoms with E-state index in [-0.39, 0.29) is 11.9 Å². The number of nitrogens with zero attached hydrogens (tertiary/aromatic N) is 2. The molecule has 4 nitrogen and oxygen atoms in total. The summed E-state index contributed by atoms with van der Waals surface area (Å²) in [6.07, 6.45) is 0. The second-order valence-corrected chi connectivity index (χ2v) is 6.24. The van der Waals surface area contributed by atoms with Gasteiger partial charge >= 0.3 is 0 Å². The SMILES string of the molecule is CCN(Cc1ccccc1)C(=O)C(C)N(C)CC(C)(C)O. The molecule has 0 aliphatic carbocycles. The van der Waals surface area contributed by atoms with E-state index in [0.717, 1.165) is 5.56 Å². The van der Waals surface area contributed by atoms with Crippen LogP contribution in [0, 0.1) is 0 Å². The molecule has 1 aromatic carbocycles. The van der Waals surface area contributed by atoms with E-state index in [4.69, 9.17) is 0 Å². The van der Waals surface area contributed by atoms with E-state index in [1.165, 1.54) is 0 Å². The van der Waals surface area contributed by atoms with Gasteiger partial charge in [-0.05, 0) is 40.3 Å². The van der Waals surface area contributed by atoms with Crippen molar-refractivity contribution in [1.82, 2.24) is 9.80 Å². The number of likely N-dealkylation sites (N-methyl/N-ethyl adjacent to an activating group) is 2. The minimum atomic E-state index is -0.806. The fourth-order valence-corrected chi connectivity index (χ4v) is 2.35. The van der Waals surface area contributed by atoms with Crippen molar-refractivity contribution in [2.45, 2.75) is 45.9 Å². The van der Waals surface area contributed by atoms with E-state index in [1.54, 1.807) is 13.8 Å². The third-order valence-corrected chi connectivity index (χ3v) is 3.56. The molecule has 0 aliphatic heterocycles. The topological polar surface area (TPSA) is 43.8 Å². The van der Waals surface area contributed by atoms with E-state index in [9.17, 15) is 9.90 Å². The van der Waals surface area contributed by atoms with E-state index >= 15 is 0 Å². The molecule has 0 saturated carbocycles. The summed E-state index contributed by atoms with van der Waals surface area (Å²) in [7, 11) is 1.87. The van der Waals surface area contributed by atoms with Gasteiger partial charge in [0.15, 0.2) is 0 Å². The van der Waals surface area contributed by atoms with Crippen molar-refractivity contribution in [2.75, 3.05) is 20.1 Å². The first kappa shape index (κ1) is 17.7. The number of carbonyl (C=O) groups is 1. The Morgan fingerprint density at radius 2 is 1.86 bits per heavy atom. The zero-order chi connectivity index (χ0) is 16.0. The number of hydrogen-bond acceptors (Lipinski definition) is 3. The smallest absolute Gasteiger partial charge is 0.239 e. The summed E-state index contributed by atoms with van der Waals surface area (Å²) in [5.74, 6) is 0.0908. The van der Waals surface area contributed by atoms with Crippen LogP contribution in [-0.4, -0.2) is 52.6 Å². The molecule has 0 fully saturated rings. The molecule has 0 saturated heterocycles. The van der Waals surface area contributed by atoms with Gasteiger partial charge < -0.3 is 10.0 Å². The summed E-state index contributed by atoms with van der Waals surface area (Å²) in [6.45, 7) is 9.14. The van der Waals surface area contributed by atoms with Crippen LogP contribution in [-0.2, 0) is 11.3 Å². The van der Waals surface area contributed by atoms with Gasteiger partial charge in [0, 0.05) is 19.6 Å². The molecule has 0 aromatic heterocycles. The molecular formula is C17H28N2O2. The average Bonchev–Trinajstić information content (AvgIpc) is 2.42. The number of amides is 1. The summed E-state index contributed by atoms with van der Waals surface area (Å²) in [5.41, 5.74) is 0.324. The third-order valence-electron chi connectivity index (χ3n) is 3.56. The summed E-state index contributed by atoms with van der Waals surface area (Å²) in [4.78, 5) is 16.4. The molecule has 1 aromatic rings. The quantitative estimate of drug-likeness (QED) is 0.837. The zero-order valence-corrected chi connectivity index (χ0v) is 13.8. The highest BCUT2D eigenvalue weighted by Crippen LogP contribution is 2.11. The van der Waals surface area contributed by atoms with Crippen LogP contribution in [0.4, 0.5) is 0 Å². The predicted molar refractivity (Wildman–Crippen MR) is 85.9 cm³/mol. The Morgan fingerprint density at radius 3 is 2.33 bits per heavy atom. The molecule has 0 aliphatic rings. The van der Waals surface area contributed by atoms with Crippen LogP contribution in [0.2, 0.25) is 0 Å². The van der Waals surface area contributed by atoms with Gasteiger partial charge in [0.1, 0.15) is 0 Å². The molecular weight excluding hydrogens is 264 g/mol. The van der Waals surface area contributed by atoms with Crippen LogP contribution in [0.25, 0.3) is 0 Å². The van der Waals surface area contributed by atoms with Crippen LogP contribution < -0.4 is 0 Å². The molecule has 1 unspecified atom stereocenters. The first-order valence-electron chi connectivity index (χ1n) is 7.50. The molecule has 0 radical (unpaired) electrons. The van der Waals surface area contributed by atoms with E-state index in [0.29, 0.717) is 19.6 Å². The van der Waals surface area contributed by atoms with Gasteiger partial charge in [-0.3, -0.25) is 9.69 Å². The van der Waals surface area contributed by atoms with Gasteiger partial charge in [-0.15, -0.1) is 0 Å². The van der Waals surface area contributed by atoms with Gasteiger partial charge in [0.2, 0.25) is 5.91 Å². The van der Waals surface area contributed by atoms with Crippen LogP contribution in [0.5, 0.6) is 0 Å². The summed E-state index contributed by atoms with van der Waals surface area (Å²) in [6, 6.07) is 9.75. The third kappa shape index (κ3) is 5.86. The number of carbonyl (C=O) groups excluding carboxylic acids is 1. The van der Waals surface area contributed by atoms with Crippen molar-refractivity contribution in [3.8, 4) is 0 Å². The molecule has 118 valence electrons. The Bertz CT molecular complexity index is 440. The maximum absolute atomic E-state index is 12.6. The second-order valence-electron chi connectivity index (χ2n) is 6.24. The van der Waals surface area contributed by atoms with Gasteiger partial charge in [-0.1, -0.05) is 30.3 Å². The average molecular weight is 292 g/mol. The molecule has 1 amide bonds. The van der Waals surface area contributed by atoms with Crippen LogP contribution >= 0.6 is 0 Å². The largest absolute Gasteiger partial charge is 0.389 e. The van der Waals surface area contributed by atoms with E-state index in [2.05, 4.69) is 0 Å². The number of benzene rings is 1. The molecule has 4 heteroatoms. The molecule has 0 spiro atoms. The molecule has 0 bridgehead atoms. The van der Waals surface area contributed by atoms with Crippen LogP contribution in [0.15, 0.2) is 30.3 Å². The lowest BCUT2D eigenvalue weighted by atomic mass is 10.1.